The summed E-state index contributed by atoms with van der Waals surface area (Å²) in [5.41, 5.74) is 3.09. The number of hydrogen-bond donors (Lipinski definition) is 2. The number of pyridine rings is 1. The fourth-order valence-electron chi connectivity index (χ4n) is 3.32. The first-order chi connectivity index (χ1) is 11.6. The maximum Gasteiger partial charge on any atom is 0.258 e. The second kappa shape index (κ2) is 5.60. The fraction of sp³-hybridized carbons (Fsp3) is 0.158. The number of rotatable bonds is 2. The van der Waals surface area contributed by atoms with Gasteiger partial charge in [-0.1, -0.05) is 18.2 Å². The monoisotopic (exact) mass is 322 g/mol. The SMILES string of the molecule is O=C(Nc1ccc2c3c(c(=O)[nH]c2c1)CCC3)c1ccccc1F. The molecule has 0 bridgehead atoms. The molecule has 5 heteroatoms. The Labute approximate surface area is 137 Å². The molecule has 2 N–H and O–H groups in total. The number of carbonyl (C=O) groups excluding carboxylic acids is 1. The molecule has 1 aliphatic carbocycles. The Morgan fingerprint density at radius 1 is 1.08 bits per heavy atom. The Kier molecular flexibility index (Phi) is 3.41. The van der Waals surface area contributed by atoms with Gasteiger partial charge < -0.3 is 10.3 Å². The van der Waals surface area contributed by atoms with E-state index in [0.717, 1.165) is 35.8 Å². The zero-order valence-electron chi connectivity index (χ0n) is 12.9. The number of H-pyrrole nitrogens is 1. The predicted molar refractivity (Wildman–Crippen MR) is 90.9 cm³/mol. The summed E-state index contributed by atoms with van der Waals surface area (Å²) in [4.78, 5) is 27.2. The Morgan fingerprint density at radius 3 is 2.71 bits per heavy atom. The molecule has 0 atom stereocenters. The van der Waals surface area contributed by atoms with Gasteiger partial charge in [-0.25, -0.2) is 4.39 Å². The quantitative estimate of drug-likeness (QED) is 0.759. The molecule has 1 aromatic heterocycles. The lowest BCUT2D eigenvalue weighted by molar-refractivity contribution is 0.102. The van der Waals surface area contributed by atoms with Crippen LogP contribution in [0, 0.1) is 5.82 Å². The van der Waals surface area contributed by atoms with E-state index in [9.17, 15) is 14.0 Å². The van der Waals surface area contributed by atoms with E-state index in [4.69, 9.17) is 0 Å². The first-order valence-electron chi connectivity index (χ1n) is 7.87. The van der Waals surface area contributed by atoms with Gasteiger partial charge in [0.05, 0.1) is 11.1 Å². The van der Waals surface area contributed by atoms with Gasteiger partial charge in [-0.15, -0.1) is 0 Å². The van der Waals surface area contributed by atoms with Crippen molar-refractivity contribution in [2.45, 2.75) is 19.3 Å². The van der Waals surface area contributed by atoms with Crippen molar-refractivity contribution in [3.05, 3.63) is 75.3 Å². The van der Waals surface area contributed by atoms with Crippen LogP contribution < -0.4 is 10.9 Å². The van der Waals surface area contributed by atoms with Crippen molar-refractivity contribution < 1.29 is 9.18 Å². The summed E-state index contributed by atoms with van der Waals surface area (Å²) in [5.74, 6) is -1.09. The zero-order valence-corrected chi connectivity index (χ0v) is 12.9. The molecule has 1 aliphatic rings. The van der Waals surface area contributed by atoms with Crippen molar-refractivity contribution in [1.29, 1.82) is 0 Å². The third-order valence-corrected chi connectivity index (χ3v) is 4.46. The van der Waals surface area contributed by atoms with Crippen molar-refractivity contribution in [3.63, 3.8) is 0 Å². The molecule has 0 aliphatic heterocycles. The minimum Gasteiger partial charge on any atom is -0.322 e. The Morgan fingerprint density at radius 2 is 1.88 bits per heavy atom. The summed E-state index contributed by atoms with van der Waals surface area (Å²) in [5, 5.41) is 3.68. The minimum atomic E-state index is -0.568. The predicted octanol–water partition coefficient (Wildman–Crippen LogP) is 3.41. The van der Waals surface area contributed by atoms with Crippen LogP contribution in [0.15, 0.2) is 47.3 Å². The molecule has 2 aromatic carbocycles. The Hall–Kier alpha value is -2.95. The average molecular weight is 322 g/mol. The molecule has 0 spiro atoms. The highest BCUT2D eigenvalue weighted by atomic mass is 19.1. The van der Waals surface area contributed by atoms with Gasteiger partial charge in [-0.2, -0.15) is 0 Å². The number of amides is 1. The number of halogens is 1. The standard InChI is InChI=1S/C19H15FN2O2/c20-16-7-2-1-4-15(16)19(24)21-11-8-9-13-12-5-3-6-14(12)18(23)22-17(13)10-11/h1-2,4,7-10H,3,5-6H2,(H,21,24)(H,22,23). The molecule has 4 rings (SSSR count). The lowest BCUT2D eigenvalue weighted by Crippen LogP contribution is -2.15. The van der Waals surface area contributed by atoms with Crippen LogP contribution in [0.2, 0.25) is 0 Å². The van der Waals surface area contributed by atoms with Gasteiger partial charge in [0, 0.05) is 16.6 Å². The number of aromatic nitrogens is 1. The molecule has 0 saturated heterocycles. The molecule has 3 aromatic rings. The van der Waals surface area contributed by atoms with Crippen molar-refractivity contribution in [2.24, 2.45) is 0 Å². The van der Waals surface area contributed by atoms with Crippen LogP contribution in [0.5, 0.6) is 0 Å². The minimum absolute atomic E-state index is 0.0138. The third kappa shape index (κ3) is 2.38. The Bertz CT molecular complexity index is 1020. The molecule has 0 fully saturated rings. The molecular formula is C19H15FN2O2. The number of benzene rings is 2. The highest BCUT2D eigenvalue weighted by Crippen LogP contribution is 2.27. The first kappa shape index (κ1) is 14.6. The van der Waals surface area contributed by atoms with Crippen molar-refractivity contribution in [1.82, 2.24) is 4.98 Å². The van der Waals surface area contributed by atoms with E-state index >= 15 is 0 Å². The van der Waals surface area contributed by atoms with E-state index in [2.05, 4.69) is 10.3 Å². The van der Waals surface area contributed by atoms with Crippen molar-refractivity contribution >= 4 is 22.5 Å². The van der Waals surface area contributed by atoms with Crippen LogP contribution in [0.1, 0.15) is 27.9 Å². The lowest BCUT2D eigenvalue weighted by atomic mass is 10.1. The zero-order chi connectivity index (χ0) is 16.7. The summed E-state index contributed by atoms with van der Waals surface area (Å²) in [6, 6.07) is 11.2. The summed E-state index contributed by atoms with van der Waals surface area (Å²) >= 11 is 0. The number of nitrogens with one attached hydrogen (secondary N) is 2. The second-order valence-corrected chi connectivity index (χ2v) is 5.96. The third-order valence-electron chi connectivity index (χ3n) is 4.46. The molecular weight excluding hydrogens is 307 g/mol. The topological polar surface area (TPSA) is 62.0 Å². The normalized spacial score (nSPS) is 13.0. The molecule has 0 unspecified atom stereocenters. The molecule has 1 amide bonds. The number of aryl methyl sites for hydroxylation is 1. The fourth-order valence-corrected chi connectivity index (χ4v) is 3.32. The van der Waals surface area contributed by atoms with Crippen LogP contribution in [-0.2, 0) is 12.8 Å². The summed E-state index contributed by atoms with van der Waals surface area (Å²) in [6.07, 6.45) is 2.70. The molecule has 4 nitrogen and oxygen atoms in total. The molecule has 0 radical (unpaired) electrons. The van der Waals surface area contributed by atoms with Crippen LogP contribution in [-0.4, -0.2) is 10.9 Å². The van der Waals surface area contributed by atoms with Crippen molar-refractivity contribution in [3.8, 4) is 0 Å². The van der Waals surface area contributed by atoms with Gasteiger partial charge in [0.2, 0.25) is 0 Å². The first-order valence-corrected chi connectivity index (χ1v) is 7.87. The average Bonchev–Trinajstić information content (AvgIpc) is 3.05. The summed E-state index contributed by atoms with van der Waals surface area (Å²) in [7, 11) is 0. The number of aromatic amines is 1. The van der Waals surface area contributed by atoms with Gasteiger partial charge in [0.15, 0.2) is 0 Å². The van der Waals surface area contributed by atoms with Crippen molar-refractivity contribution in [2.75, 3.05) is 5.32 Å². The number of anilines is 1. The van der Waals surface area contributed by atoms with E-state index in [1.807, 2.05) is 6.07 Å². The van der Waals surface area contributed by atoms with Crippen LogP contribution in [0.25, 0.3) is 10.9 Å². The van der Waals surface area contributed by atoms with Gasteiger partial charge in [0.1, 0.15) is 5.82 Å². The number of hydrogen-bond acceptors (Lipinski definition) is 2. The molecule has 24 heavy (non-hydrogen) atoms. The summed E-state index contributed by atoms with van der Waals surface area (Å²) < 4.78 is 13.7. The molecule has 120 valence electrons. The van der Waals surface area contributed by atoms with Crippen LogP contribution >= 0.6 is 0 Å². The lowest BCUT2D eigenvalue weighted by Gasteiger charge is -2.09. The molecule has 0 saturated carbocycles. The van der Waals surface area contributed by atoms with E-state index in [-0.39, 0.29) is 11.1 Å². The maximum absolute atomic E-state index is 13.7. The Balaban J connectivity index is 1.71. The van der Waals surface area contributed by atoms with E-state index in [0.29, 0.717) is 11.2 Å². The van der Waals surface area contributed by atoms with Gasteiger partial charge in [-0.05, 0) is 49.1 Å². The smallest absolute Gasteiger partial charge is 0.258 e. The van der Waals surface area contributed by atoms with Crippen LogP contribution in [0.4, 0.5) is 10.1 Å². The number of fused-ring (bicyclic) bond motifs is 3. The van der Waals surface area contributed by atoms with Gasteiger partial charge >= 0.3 is 0 Å². The highest BCUT2D eigenvalue weighted by molar-refractivity contribution is 6.05. The largest absolute Gasteiger partial charge is 0.322 e. The summed E-state index contributed by atoms with van der Waals surface area (Å²) in [6.45, 7) is 0. The van der Waals surface area contributed by atoms with Crippen LogP contribution in [0.3, 0.4) is 0 Å². The van der Waals surface area contributed by atoms with Gasteiger partial charge in [0.25, 0.3) is 11.5 Å². The maximum atomic E-state index is 13.7. The second-order valence-electron chi connectivity index (χ2n) is 5.96. The van der Waals surface area contributed by atoms with E-state index in [1.54, 1.807) is 18.2 Å². The highest BCUT2D eigenvalue weighted by Gasteiger charge is 2.18. The van der Waals surface area contributed by atoms with Gasteiger partial charge in [-0.3, -0.25) is 9.59 Å². The van der Waals surface area contributed by atoms with E-state index in [1.165, 1.54) is 18.2 Å². The van der Waals surface area contributed by atoms with E-state index < -0.39 is 11.7 Å². The number of carbonyl (C=O) groups is 1. The molecule has 1 heterocycles.